The Labute approximate surface area is 130 Å². The second-order valence-corrected chi connectivity index (χ2v) is 6.25. The van der Waals surface area contributed by atoms with E-state index in [1.54, 1.807) is 0 Å². The minimum atomic E-state index is -4.09. The Morgan fingerprint density at radius 3 is 2.30 bits per heavy atom. The van der Waals surface area contributed by atoms with Crippen molar-refractivity contribution in [2.75, 3.05) is 26.2 Å². The zero-order valence-corrected chi connectivity index (χ0v) is 13.2. The number of halogens is 4. The van der Waals surface area contributed by atoms with Crippen molar-refractivity contribution < 1.29 is 13.2 Å². The van der Waals surface area contributed by atoms with Gasteiger partial charge in [0.05, 0.1) is 0 Å². The lowest BCUT2D eigenvalue weighted by molar-refractivity contribution is -0.138. The molecule has 0 spiro atoms. The third kappa shape index (κ3) is 4.89. The molecule has 0 unspecified atom stereocenters. The Balaban J connectivity index is 2.12. The molecule has 1 saturated heterocycles. The first-order chi connectivity index (χ1) is 9.46. The first kappa shape index (κ1) is 16.0. The van der Waals surface area contributed by atoms with Crippen LogP contribution in [0.2, 0.25) is 0 Å². The molecule has 1 aliphatic rings. The smallest absolute Gasteiger partial charge is 0.314 e. The third-order valence-corrected chi connectivity index (χ3v) is 4.27. The van der Waals surface area contributed by atoms with Crippen LogP contribution in [0, 0.1) is 3.57 Å². The van der Waals surface area contributed by atoms with Crippen molar-refractivity contribution in [3.63, 3.8) is 0 Å². The van der Waals surface area contributed by atoms with Gasteiger partial charge in [-0.05, 0) is 46.7 Å². The van der Waals surface area contributed by atoms with Crippen molar-refractivity contribution in [2.24, 2.45) is 0 Å². The lowest BCUT2D eigenvalue weighted by Gasteiger charge is -2.35. The van der Waals surface area contributed by atoms with Gasteiger partial charge in [0.1, 0.15) is 0 Å². The highest BCUT2D eigenvalue weighted by atomic mass is 127. The normalized spacial score (nSPS) is 19.0. The van der Waals surface area contributed by atoms with E-state index in [9.17, 15) is 13.2 Å². The molecule has 20 heavy (non-hydrogen) atoms. The summed E-state index contributed by atoms with van der Waals surface area (Å²) in [6.07, 6.45) is -4.69. The van der Waals surface area contributed by atoms with E-state index in [1.807, 2.05) is 24.3 Å². The number of nitrogens with zero attached hydrogens (tertiary/aromatic N) is 1. The first-order valence-corrected chi connectivity index (χ1v) is 7.80. The number of alkyl halides is 3. The van der Waals surface area contributed by atoms with E-state index in [1.165, 1.54) is 0 Å². The maximum absolute atomic E-state index is 12.5. The predicted octanol–water partition coefficient (Wildman–Crippen LogP) is 3.58. The molecule has 1 atom stereocenters. The van der Waals surface area contributed by atoms with E-state index in [0.717, 1.165) is 35.3 Å². The lowest BCUT2D eigenvalue weighted by atomic mass is 9.99. The number of hydrogen-bond donors (Lipinski definition) is 1. The second-order valence-electron chi connectivity index (χ2n) is 5.01. The molecule has 1 aromatic carbocycles. The van der Waals surface area contributed by atoms with Crippen molar-refractivity contribution in [1.82, 2.24) is 10.2 Å². The Bertz CT molecular complexity index is 413. The van der Waals surface area contributed by atoms with Crippen LogP contribution < -0.4 is 5.32 Å². The maximum Gasteiger partial charge on any atom is 0.389 e. The Morgan fingerprint density at radius 2 is 1.75 bits per heavy atom. The Morgan fingerprint density at radius 1 is 1.15 bits per heavy atom. The highest BCUT2D eigenvalue weighted by molar-refractivity contribution is 14.1. The van der Waals surface area contributed by atoms with Crippen LogP contribution in [0.25, 0.3) is 0 Å². The number of nitrogens with one attached hydrogen (secondary N) is 1. The van der Waals surface area contributed by atoms with Gasteiger partial charge in [0.25, 0.3) is 0 Å². The van der Waals surface area contributed by atoms with Crippen molar-refractivity contribution in [1.29, 1.82) is 0 Å². The second kappa shape index (κ2) is 7.09. The Kier molecular flexibility index (Phi) is 5.68. The van der Waals surface area contributed by atoms with E-state index in [2.05, 4.69) is 32.8 Å². The van der Waals surface area contributed by atoms with Crippen molar-refractivity contribution in [2.45, 2.75) is 25.1 Å². The van der Waals surface area contributed by atoms with Crippen LogP contribution in [0.3, 0.4) is 0 Å². The van der Waals surface area contributed by atoms with Crippen LogP contribution in [-0.4, -0.2) is 37.3 Å². The summed E-state index contributed by atoms with van der Waals surface area (Å²) >= 11 is 2.20. The van der Waals surface area contributed by atoms with Crippen molar-refractivity contribution in [3.8, 4) is 0 Å². The summed E-state index contributed by atoms with van der Waals surface area (Å²) in [4.78, 5) is 2.16. The molecule has 1 aromatic rings. The highest BCUT2D eigenvalue weighted by Gasteiger charge is 2.31. The molecular weight excluding hydrogens is 380 g/mol. The molecule has 0 amide bonds. The quantitative estimate of drug-likeness (QED) is 0.781. The highest BCUT2D eigenvalue weighted by Crippen LogP contribution is 2.31. The van der Waals surface area contributed by atoms with Crippen molar-refractivity contribution >= 4 is 22.6 Å². The van der Waals surface area contributed by atoms with Crippen LogP contribution in [-0.2, 0) is 0 Å². The molecule has 1 fully saturated rings. The van der Waals surface area contributed by atoms with Gasteiger partial charge in [-0.3, -0.25) is 4.90 Å². The van der Waals surface area contributed by atoms with Crippen molar-refractivity contribution in [3.05, 3.63) is 33.4 Å². The van der Waals surface area contributed by atoms with Crippen LogP contribution in [0.1, 0.15) is 24.4 Å². The van der Waals surface area contributed by atoms with Gasteiger partial charge in [0, 0.05) is 42.2 Å². The van der Waals surface area contributed by atoms with Gasteiger partial charge in [-0.2, -0.15) is 13.2 Å². The molecule has 1 N–H and O–H groups in total. The maximum atomic E-state index is 12.5. The number of hydrogen-bond acceptors (Lipinski definition) is 2. The molecular formula is C14H18F3IN2. The summed E-state index contributed by atoms with van der Waals surface area (Å²) in [6.45, 7) is 3.28. The van der Waals surface area contributed by atoms with Gasteiger partial charge in [-0.1, -0.05) is 12.1 Å². The van der Waals surface area contributed by atoms with Gasteiger partial charge in [-0.15, -0.1) is 0 Å². The van der Waals surface area contributed by atoms with Crippen LogP contribution in [0.4, 0.5) is 13.2 Å². The molecule has 2 nitrogen and oxygen atoms in total. The summed E-state index contributed by atoms with van der Waals surface area (Å²) < 4.78 is 38.7. The minimum absolute atomic E-state index is 0.129. The van der Waals surface area contributed by atoms with Gasteiger partial charge >= 0.3 is 6.18 Å². The zero-order valence-electron chi connectivity index (χ0n) is 11.1. The average Bonchev–Trinajstić information content (AvgIpc) is 2.41. The summed E-state index contributed by atoms with van der Waals surface area (Å²) in [7, 11) is 0. The number of rotatable bonds is 4. The van der Waals surface area contributed by atoms with E-state index >= 15 is 0 Å². The summed E-state index contributed by atoms with van der Waals surface area (Å²) in [6, 6.07) is 7.67. The molecule has 0 bridgehead atoms. The lowest BCUT2D eigenvalue weighted by Crippen LogP contribution is -2.45. The van der Waals surface area contributed by atoms with E-state index in [-0.39, 0.29) is 12.5 Å². The molecule has 1 heterocycles. The molecule has 0 radical (unpaired) electrons. The average molecular weight is 398 g/mol. The SMILES string of the molecule is FC(F)(F)CC[C@H](c1ccc(I)cc1)N1CCNCC1. The molecule has 0 aromatic heterocycles. The summed E-state index contributed by atoms with van der Waals surface area (Å²) in [5.74, 6) is 0. The monoisotopic (exact) mass is 398 g/mol. The van der Waals surface area contributed by atoms with Crippen LogP contribution in [0.5, 0.6) is 0 Å². The number of piperazine rings is 1. The van der Waals surface area contributed by atoms with Crippen LogP contribution >= 0.6 is 22.6 Å². The standard InChI is InChI=1S/C14H18F3IN2/c15-14(16,17)6-5-13(20-9-7-19-8-10-20)11-1-3-12(18)4-2-11/h1-4,13,19H,5-10H2/t13-/m1/s1. The largest absolute Gasteiger partial charge is 0.389 e. The predicted molar refractivity (Wildman–Crippen MR) is 81.6 cm³/mol. The van der Waals surface area contributed by atoms with Gasteiger partial charge < -0.3 is 5.32 Å². The van der Waals surface area contributed by atoms with E-state index in [0.29, 0.717) is 0 Å². The Hall–Kier alpha value is -0.340. The van der Waals surface area contributed by atoms with E-state index < -0.39 is 12.6 Å². The third-order valence-electron chi connectivity index (χ3n) is 3.55. The topological polar surface area (TPSA) is 15.3 Å². The summed E-state index contributed by atoms with van der Waals surface area (Å²) in [5, 5.41) is 3.24. The molecule has 112 valence electrons. The molecule has 1 aliphatic heterocycles. The fraction of sp³-hybridized carbons (Fsp3) is 0.571. The molecule has 6 heteroatoms. The minimum Gasteiger partial charge on any atom is -0.314 e. The summed E-state index contributed by atoms with van der Waals surface area (Å²) in [5.41, 5.74) is 0.983. The van der Waals surface area contributed by atoms with Gasteiger partial charge in [0.2, 0.25) is 0 Å². The number of benzene rings is 1. The van der Waals surface area contributed by atoms with Crippen LogP contribution in [0.15, 0.2) is 24.3 Å². The zero-order chi connectivity index (χ0) is 14.6. The van der Waals surface area contributed by atoms with Gasteiger partial charge in [-0.25, -0.2) is 0 Å². The fourth-order valence-corrected chi connectivity index (χ4v) is 2.90. The first-order valence-electron chi connectivity index (χ1n) is 6.73. The van der Waals surface area contributed by atoms with E-state index in [4.69, 9.17) is 0 Å². The molecule has 0 saturated carbocycles. The fourth-order valence-electron chi connectivity index (χ4n) is 2.54. The van der Waals surface area contributed by atoms with Gasteiger partial charge in [0.15, 0.2) is 0 Å². The molecule has 2 rings (SSSR count). The molecule has 0 aliphatic carbocycles.